The molecule has 2 aromatic carbocycles. The van der Waals surface area contributed by atoms with Gasteiger partial charge in [-0.25, -0.2) is 4.98 Å². The van der Waals surface area contributed by atoms with Crippen LogP contribution < -0.4 is 10.1 Å². The number of methoxy groups -OCH3 is 1. The molecular formula is C18H15N3O2S. The molecular weight excluding hydrogens is 322 g/mol. The number of amides is 1. The standard InChI is InChI=1S/C18H15N3O2S/c1-23-12-7-6-11-8-15(20-14(11)9-12)18(22)19-10-17-21-13-4-2-3-5-16(13)24-17/h2-9,20H,10H2,1H3,(H,19,22). The predicted molar refractivity (Wildman–Crippen MR) is 95.6 cm³/mol. The summed E-state index contributed by atoms with van der Waals surface area (Å²) in [6.45, 7) is 0.414. The lowest BCUT2D eigenvalue weighted by Crippen LogP contribution is -2.22. The first-order valence-electron chi connectivity index (χ1n) is 7.52. The van der Waals surface area contributed by atoms with Crippen LogP contribution >= 0.6 is 11.3 Å². The number of carbonyl (C=O) groups is 1. The Morgan fingerprint density at radius 2 is 2.12 bits per heavy atom. The highest BCUT2D eigenvalue weighted by molar-refractivity contribution is 7.18. The molecule has 0 aliphatic heterocycles. The number of benzene rings is 2. The van der Waals surface area contributed by atoms with Crippen LogP contribution in [0, 0.1) is 0 Å². The Bertz CT molecular complexity index is 1000. The minimum absolute atomic E-state index is 0.149. The van der Waals surface area contributed by atoms with Crippen LogP contribution in [0.3, 0.4) is 0 Å². The van der Waals surface area contributed by atoms with Crippen LogP contribution in [0.4, 0.5) is 0 Å². The molecule has 5 nitrogen and oxygen atoms in total. The molecule has 0 atom stereocenters. The second kappa shape index (κ2) is 5.98. The summed E-state index contributed by atoms with van der Waals surface area (Å²) in [5.41, 5.74) is 2.36. The third-order valence-electron chi connectivity index (χ3n) is 3.81. The van der Waals surface area contributed by atoms with Crippen LogP contribution in [0.1, 0.15) is 15.5 Å². The van der Waals surface area contributed by atoms with Gasteiger partial charge in [0.05, 0.1) is 23.9 Å². The maximum Gasteiger partial charge on any atom is 0.268 e. The normalized spacial score (nSPS) is 11.0. The first-order valence-corrected chi connectivity index (χ1v) is 8.34. The fourth-order valence-corrected chi connectivity index (χ4v) is 3.51. The third kappa shape index (κ3) is 2.72. The topological polar surface area (TPSA) is 67.0 Å². The maximum absolute atomic E-state index is 12.4. The van der Waals surface area contributed by atoms with E-state index in [1.54, 1.807) is 18.4 Å². The molecule has 0 aliphatic rings. The Morgan fingerprint density at radius 1 is 1.25 bits per heavy atom. The van der Waals surface area contributed by atoms with Gasteiger partial charge in [0.25, 0.3) is 5.91 Å². The number of para-hydroxylation sites is 1. The average Bonchev–Trinajstić information content (AvgIpc) is 3.22. The second-order valence-electron chi connectivity index (χ2n) is 5.39. The molecule has 24 heavy (non-hydrogen) atoms. The molecule has 0 aliphatic carbocycles. The van der Waals surface area contributed by atoms with Gasteiger partial charge in [-0.1, -0.05) is 12.1 Å². The molecule has 1 amide bonds. The number of nitrogens with one attached hydrogen (secondary N) is 2. The van der Waals surface area contributed by atoms with E-state index < -0.39 is 0 Å². The predicted octanol–water partition coefficient (Wildman–Crippen LogP) is 3.72. The minimum atomic E-state index is -0.149. The second-order valence-corrected chi connectivity index (χ2v) is 6.51. The highest BCUT2D eigenvalue weighted by Gasteiger charge is 2.11. The van der Waals surface area contributed by atoms with Gasteiger partial charge in [-0.3, -0.25) is 4.79 Å². The lowest BCUT2D eigenvalue weighted by Gasteiger charge is -2.00. The number of aromatic amines is 1. The van der Waals surface area contributed by atoms with E-state index >= 15 is 0 Å². The molecule has 4 aromatic rings. The molecule has 6 heteroatoms. The SMILES string of the molecule is COc1ccc2cc(C(=O)NCc3nc4ccccc4s3)[nH]c2c1. The Labute approximate surface area is 142 Å². The number of aromatic nitrogens is 2. The number of fused-ring (bicyclic) bond motifs is 2. The van der Waals surface area contributed by atoms with Crippen molar-refractivity contribution in [2.24, 2.45) is 0 Å². The summed E-state index contributed by atoms with van der Waals surface area (Å²) in [5, 5.41) is 4.78. The molecule has 2 aromatic heterocycles. The van der Waals surface area contributed by atoms with Crippen LogP contribution in [-0.4, -0.2) is 23.0 Å². The zero-order valence-corrected chi connectivity index (χ0v) is 13.8. The van der Waals surface area contributed by atoms with Crippen molar-refractivity contribution in [3.63, 3.8) is 0 Å². The van der Waals surface area contributed by atoms with Gasteiger partial charge in [-0.15, -0.1) is 11.3 Å². The molecule has 0 saturated heterocycles. The molecule has 0 fully saturated rings. The van der Waals surface area contributed by atoms with Gasteiger partial charge >= 0.3 is 0 Å². The molecule has 2 N–H and O–H groups in total. The van der Waals surface area contributed by atoms with E-state index in [0.717, 1.165) is 31.9 Å². The fourth-order valence-electron chi connectivity index (χ4n) is 2.60. The van der Waals surface area contributed by atoms with Crippen molar-refractivity contribution in [1.29, 1.82) is 0 Å². The Balaban J connectivity index is 1.51. The van der Waals surface area contributed by atoms with E-state index in [1.807, 2.05) is 48.5 Å². The number of hydrogen-bond acceptors (Lipinski definition) is 4. The number of H-pyrrole nitrogens is 1. The Hall–Kier alpha value is -2.86. The van der Waals surface area contributed by atoms with Crippen molar-refractivity contribution < 1.29 is 9.53 Å². The van der Waals surface area contributed by atoms with Gasteiger partial charge in [0.1, 0.15) is 16.5 Å². The van der Waals surface area contributed by atoms with Gasteiger partial charge in [0.15, 0.2) is 0 Å². The fraction of sp³-hybridized carbons (Fsp3) is 0.111. The number of carbonyl (C=O) groups excluding carboxylic acids is 1. The van der Waals surface area contributed by atoms with Crippen molar-refractivity contribution >= 4 is 38.4 Å². The number of rotatable bonds is 4. The first-order chi connectivity index (χ1) is 11.7. The Kier molecular flexibility index (Phi) is 3.66. The minimum Gasteiger partial charge on any atom is -0.497 e. The quantitative estimate of drug-likeness (QED) is 0.596. The number of ether oxygens (including phenoxy) is 1. The smallest absolute Gasteiger partial charge is 0.268 e. The van der Waals surface area contributed by atoms with Crippen LogP contribution in [0.25, 0.3) is 21.1 Å². The molecule has 0 spiro atoms. The monoisotopic (exact) mass is 337 g/mol. The Morgan fingerprint density at radius 3 is 2.96 bits per heavy atom. The molecule has 4 rings (SSSR count). The summed E-state index contributed by atoms with van der Waals surface area (Å²) in [7, 11) is 1.62. The molecule has 0 unspecified atom stereocenters. The molecule has 2 heterocycles. The van der Waals surface area contributed by atoms with E-state index in [4.69, 9.17) is 4.74 Å². The van der Waals surface area contributed by atoms with Crippen molar-refractivity contribution in [3.8, 4) is 5.75 Å². The zero-order valence-electron chi connectivity index (χ0n) is 13.0. The summed E-state index contributed by atoms with van der Waals surface area (Å²) < 4.78 is 6.32. The van der Waals surface area contributed by atoms with E-state index in [9.17, 15) is 4.79 Å². The van der Waals surface area contributed by atoms with E-state index in [1.165, 1.54) is 0 Å². The first kappa shape index (κ1) is 14.7. The summed E-state index contributed by atoms with van der Waals surface area (Å²) >= 11 is 1.59. The molecule has 0 radical (unpaired) electrons. The van der Waals surface area contributed by atoms with Crippen LogP contribution in [0.2, 0.25) is 0 Å². The van der Waals surface area contributed by atoms with E-state index in [2.05, 4.69) is 15.3 Å². The number of hydrogen-bond donors (Lipinski definition) is 2. The lowest BCUT2D eigenvalue weighted by molar-refractivity contribution is 0.0946. The van der Waals surface area contributed by atoms with Gasteiger partial charge < -0.3 is 15.0 Å². The summed E-state index contributed by atoms with van der Waals surface area (Å²) in [4.78, 5) is 20.0. The summed E-state index contributed by atoms with van der Waals surface area (Å²) in [6, 6.07) is 15.5. The zero-order chi connectivity index (χ0) is 16.5. The molecule has 0 saturated carbocycles. The van der Waals surface area contributed by atoms with Crippen LogP contribution in [-0.2, 0) is 6.54 Å². The van der Waals surface area contributed by atoms with Gasteiger partial charge in [0, 0.05) is 17.0 Å². The maximum atomic E-state index is 12.4. The van der Waals surface area contributed by atoms with E-state index in [0.29, 0.717) is 12.2 Å². The molecule has 120 valence electrons. The van der Waals surface area contributed by atoms with Crippen LogP contribution in [0.5, 0.6) is 5.75 Å². The van der Waals surface area contributed by atoms with Crippen molar-refractivity contribution in [3.05, 3.63) is 59.2 Å². The average molecular weight is 337 g/mol. The number of thiazole rings is 1. The van der Waals surface area contributed by atoms with Gasteiger partial charge in [-0.2, -0.15) is 0 Å². The van der Waals surface area contributed by atoms with Crippen LogP contribution in [0.15, 0.2) is 48.5 Å². The lowest BCUT2D eigenvalue weighted by atomic mass is 10.2. The third-order valence-corrected chi connectivity index (χ3v) is 4.85. The van der Waals surface area contributed by atoms with Crippen molar-refractivity contribution in [2.75, 3.05) is 7.11 Å². The van der Waals surface area contributed by atoms with Gasteiger partial charge in [0.2, 0.25) is 0 Å². The van der Waals surface area contributed by atoms with E-state index in [-0.39, 0.29) is 5.91 Å². The summed E-state index contributed by atoms with van der Waals surface area (Å²) in [6.07, 6.45) is 0. The molecule has 0 bridgehead atoms. The van der Waals surface area contributed by atoms with Gasteiger partial charge in [-0.05, 0) is 30.3 Å². The van der Waals surface area contributed by atoms with Crippen molar-refractivity contribution in [2.45, 2.75) is 6.54 Å². The summed E-state index contributed by atoms with van der Waals surface area (Å²) in [5.74, 6) is 0.607. The number of nitrogens with zero attached hydrogens (tertiary/aromatic N) is 1. The van der Waals surface area contributed by atoms with Crippen molar-refractivity contribution in [1.82, 2.24) is 15.3 Å². The largest absolute Gasteiger partial charge is 0.497 e. The highest BCUT2D eigenvalue weighted by Crippen LogP contribution is 2.22. The highest BCUT2D eigenvalue weighted by atomic mass is 32.1.